The Morgan fingerprint density at radius 1 is 1.26 bits per heavy atom. The number of aryl methyl sites for hydroxylation is 1. The van der Waals surface area contributed by atoms with E-state index in [0.29, 0.717) is 6.04 Å². The molecule has 2 aromatic rings. The second kappa shape index (κ2) is 5.57. The minimum Gasteiger partial charge on any atom is -0.349 e. The molecule has 1 aliphatic rings. The van der Waals surface area contributed by atoms with Crippen molar-refractivity contribution < 1.29 is 0 Å². The Hall–Kier alpha value is -1.61. The van der Waals surface area contributed by atoms with Crippen molar-refractivity contribution in [2.75, 3.05) is 7.05 Å². The highest BCUT2D eigenvalue weighted by Gasteiger charge is 2.18. The van der Waals surface area contributed by atoms with Gasteiger partial charge in [-0.2, -0.15) is 0 Å². The smallest absolute Gasteiger partial charge is 0.0471 e. The molecule has 0 spiro atoms. The summed E-state index contributed by atoms with van der Waals surface area (Å²) in [6.07, 6.45) is 13.5. The Labute approximate surface area is 114 Å². The largest absolute Gasteiger partial charge is 0.349 e. The molecule has 1 atom stereocenters. The van der Waals surface area contributed by atoms with Crippen molar-refractivity contribution in [3.63, 3.8) is 0 Å². The fourth-order valence-electron chi connectivity index (χ4n) is 3.01. The summed E-state index contributed by atoms with van der Waals surface area (Å²) in [6.45, 7) is 0.936. The first kappa shape index (κ1) is 12.4. The topological polar surface area (TPSA) is 29.9 Å². The fourth-order valence-corrected chi connectivity index (χ4v) is 3.01. The summed E-state index contributed by atoms with van der Waals surface area (Å²) in [7, 11) is 2.07. The van der Waals surface area contributed by atoms with Crippen LogP contribution in [-0.4, -0.2) is 16.6 Å². The van der Waals surface area contributed by atoms with Crippen molar-refractivity contribution in [1.82, 2.24) is 14.9 Å². The summed E-state index contributed by atoms with van der Waals surface area (Å²) in [6, 6.07) is 4.69. The first-order valence-corrected chi connectivity index (χ1v) is 7.11. The molecule has 0 bridgehead atoms. The molecule has 1 N–H and O–H groups in total. The van der Waals surface area contributed by atoms with Crippen molar-refractivity contribution in [2.45, 2.75) is 38.3 Å². The van der Waals surface area contributed by atoms with Crippen LogP contribution in [0, 0.1) is 0 Å². The van der Waals surface area contributed by atoms with Gasteiger partial charge in [0, 0.05) is 37.4 Å². The van der Waals surface area contributed by atoms with Gasteiger partial charge in [0.15, 0.2) is 0 Å². The summed E-state index contributed by atoms with van der Waals surface area (Å²) in [5.41, 5.74) is 4.32. The van der Waals surface area contributed by atoms with Crippen LogP contribution in [0.4, 0.5) is 0 Å². The molecule has 100 valence electrons. The molecule has 0 amide bonds. The van der Waals surface area contributed by atoms with Gasteiger partial charge >= 0.3 is 0 Å². The monoisotopic (exact) mass is 255 g/mol. The Morgan fingerprint density at radius 2 is 2.11 bits per heavy atom. The van der Waals surface area contributed by atoms with E-state index in [0.717, 1.165) is 6.54 Å². The van der Waals surface area contributed by atoms with Crippen molar-refractivity contribution >= 4 is 0 Å². The summed E-state index contributed by atoms with van der Waals surface area (Å²) in [4.78, 5) is 4.07. The maximum absolute atomic E-state index is 4.07. The lowest BCUT2D eigenvalue weighted by Crippen LogP contribution is -2.15. The van der Waals surface area contributed by atoms with E-state index < -0.39 is 0 Å². The predicted octanol–water partition coefficient (Wildman–Crippen LogP) is 2.92. The molecule has 0 saturated heterocycles. The highest BCUT2D eigenvalue weighted by Crippen LogP contribution is 2.29. The Bertz CT molecular complexity index is 530. The molecule has 0 saturated carbocycles. The number of aromatic nitrogens is 2. The minimum absolute atomic E-state index is 0.524. The second-order valence-corrected chi connectivity index (χ2v) is 5.35. The summed E-state index contributed by atoms with van der Waals surface area (Å²) < 4.78 is 2.32. The molecule has 0 radical (unpaired) electrons. The van der Waals surface area contributed by atoms with Crippen molar-refractivity contribution in [3.8, 4) is 0 Å². The summed E-state index contributed by atoms with van der Waals surface area (Å²) in [5, 5.41) is 3.45. The van der Waals surface area contributed by atoms with Gasteiger partial charge < -0.3 is 9.88 Å². The van der Waals surface area contributed by atoms with Gasteiger partial charge in [-0.3, -0.25) is 4.98 Å². The molecule has 0 fully saturated rings. The van der Waals surface area contributed by atoms with Crippen molar-refractivity contribution in [2.24, 2.45) is 0 Å². The van der Waals surface area contributed by atoms with E-state index in [9.17, 15) is 0 Å². The van der Waals surface area contributed by atoms with Crippen molar-refractivity contribution in [3.05, 3.63) is 53.6 Å². The Kier molecular flexibility index (Phi) is 3.65. The maximum atomic E-state index is 4.07. The molecule has 3 rings (SSSR count). The van der Waals surface area contributed by atoms with Crippen LogP contribution in [0.15, 0.2) is 36.9 Å². The van der Waals surface area contributed by atoms with Crippen LogP contribution >= 0.6 is 0 Å². The van der Waals surface area contributed by atoms with Gasteiger partial charge in [0.05, 0.1) is 0 Å². The zero-order chi connectivity index (χ0) is 13.1. The van der Waals surface area contributed by atoms with Gasteiger partial charge in [0.25, 0.3) is 0 Å². The number of nitrogens with zero attached hydrogens (tertiary/aromatic N) is 2. The predicted molar refractivity (Wildman–Crippen MR) is 77.1 cm³/mol. The van der Waals surface area contributed by atoms with Crippen LogP contribution in [-0.2, 0) is 13.0 Å². The zero-order valence-electron chi connectivity index (χ0n) is 11.5. The SMILES string of the molecule is CNC1CCCCc2cn(Cc3ccncc3)cc21. The lowest BCUT2D eigenvalue weighted by atomic mass is 10.1. The Balaban J connectivity index is 1.85. The normalized spacial score (nSPS) is 18.9. The molecule has 1 unspecified atom stereocenters. The number of pyridine rings is 1. The van der Waals surface area contributed by atoms with E-state index in [2.05, 4.69) is 46.4 Å². The molecule has 2 heterocycles. The number of hydrogen-bond donors (Lipinski definition) is 1. The van der Waals surface area contributed by atoms with Gasteiger partial charge in [-0.15, -0.1) is 0 Å². The van der Waals surface area contributed by atoms with Crippen molar-refractivity contribution in [1.29, 1.82) is 0 Å². The van der Waals surface area contributed by atoms with Crippen LogP contribution in [0.1, 0.15) is 42.0 Å². The number of rotatable bonds is 3. The summed E-state index contributed by atoms with van der Waals surface area (Å²) in [5.74, 6) is 0. The summed E-state index contributed by atoms with van der Waals surface area (Å²) >= 11 is 0. The van der Waals surface area contributed by atoms with Crippen LogP contribution in [0.2, 0.25) is 0 Å². The van der Waals surface area contributed by atoms with Crippen LogP contribution in [0.3, 0.4) is 0 Å². The van der Waals surface area contributed by atoms with Gasteiger partial charge in [0.1, 0.15) is 0 Å². The average molecular weight is 255 g/mol. The van der Waals surface area contributed by atoms with Gasteiger partial charge in [-0.05, 0) is 55.1 Å². The van der Waals surface area contributed by atoms with E-state index in [-0.39, 0.29) is 0 Å². The van der Waals surface area contributed by atoms with Gasteiger partial charge in [0.2, 0.25) is 0 Å². The van der Waals surface area contributed by atoms with Crippen LogP contribution in [0.25, 0.3) is 0 Å². The molecular formula is C16H21N3. The standard InChI is InChI=1S/C16H21N3/c1-17-16-5-3-2-4-14-11-19(12-15(14)16)10-13-6-8-18-9-7-13/h6-9,11-12,16-17H,2-5,10H2,1H3. The zero-order valence-corrected chi connectivity index (χ0v) is 11.5. The number of nitrogens with one attached hydrogen (secondary N) is 1. The van der Waals surface area contributed by atoms with Crippen LogP contribution < -0.4 is 5.32 Å². The minimum atomic E-state index is 0.524. The number of fused-ring (bicyclic) bond motifs is 1. The molecular weight excluding hydrogens is 234 g/mol. The van der Waals surface area contributed by atoms with Gasteiger partial charge in [-0.25, -0.2) is 0 Å². The third kappa shape index (κ3) is 2.71. The highest BCUT2D eigenvalue weighted by atomic mass is 15.0. The molecule has 0 aliphatic heterocycles. The van der Waals surface area contributed by atoms with E-state index >= 15 is 0 Å². The number of hydrogen-bond acceptors (Lipinski definition) is 2. The van der Waals surface area contributed by atoms with Crippen LogP contribution in [0.5, 0.6) is 0 Å². The highest BCUT2D eigenvalue weighted by molar-refractivity contribution is 5.30. The van der Waals surface area contributed by atoms with Gasteiger partial charge in [-0.1, -0.05) is 6.42 Å². The average Bonchev–Trinajstić information content (AvgIpc) is 2.73. The first-order chi connectivity index (χ1) is 9.36. The lowest BCUT2D eigenvalue weighted by molar-refractivity contribution is 0.531. The lowest BCUT2D eigenvalue weighted by Gasteiger charge is -2.13. The van der Waals surface area contributed by atoms with E-state index in [1.165, 1.54) is 42.4 Å². The fraction of sp³-hybridized carbons (Fsp3) is 0.438. The molecule has 1 aliphatic carbocycles. The molecule has 19 heavy (non-hydrogen) atoms. The quantitative estimate of drug-likeness (QED) is 0.855. The van der Waals surface area contributed by atoms with E-state index in [1.54, 1.807) is 0 Å². The maximum Gasteiger partial charge on any atom is 0.0471 e. The Morgan fingerprint density at radius 3 is 2.89 bits per heavy atom. The second-order valence-electron chi connectivity index (χ2n) is 5.35. The third-order valence-electron chi connectivity index (χ3n) is 4.02. The third-order valence-corrected chi connectivity index (χ3v) is 4.02. The van der Waals surface area contributed by atoms with E-state index in [1.807, 2.05) is 12.4 Å². The molecule has 3 heteroatoms. The molecule has 2 aromatic heterocycles. The van der Waals surface area contributed by atoms with E-state index in [4.69, 9.17) is 0 Å². The first-order valence-electron chi connectivity index (χ1n) is 7.11. The molecule has 0 aromatic carbocycles. The molecule has 3 nitrogen and oxygen atoms in total.